The number of nitrogens with zero attached hydrogens (tertiary/aromatic N) is 3. The van der Waals surface area contributed by atoms with Gasteiger partial charge in [-0.2, -0.15) is 4.31 Å². The van der Waals surface area contributed by atoms with Gasteiger partial charge in [-0.05, 0) is 46.2 Å². The Morgan fingerprint density at radius 2 is 2.08 bits per heavy atom. The molecular formula is C17H30N4O4S. The van der Waals surface area contributed by atoms with Crippen molar-refractivity contribution in [2.45, 2.75) is 44.0 Å². The molecule has 1 unspecified atom stereocenters. The summed E-state index contributed by atoms with van der Waals surface area (Å²) >= 11 is 0. The highest BCUT2D eigenvalue weighted by atomic mass is 32.2. The van der Waals surface area contributed by atoms with Gasteiger partial charge in [-0.1, -0.05) is 5.16 Å². The average molecular weight is 387 g/mol. The fraction of sp³-hybridized carbons (Fsp3) is 0.824. The van der Waals surface area contributed by atoms with Gasteiger partial charge in [-0.15, -0.1) is 0 Å². The summed E-state index contributed by atoms with van der Waals surface area (Å²) in [6.45, 7) is 9.74. The van der Waals surface area contributed by atoms with E-state index >= 15 is 0 Å². The largest absolute Gasteiger partial charge is 0.379 e. The van der Waals surface area contributed by atoms with Gasteiger partial charge in [0.15, 0.2) is 5.76 Å². The SMILES string of the molecule is Cc1noc(C)c1S(=O)(=O)N(CCCN1CCOCC1)C1CCCNC1. The van der Waals surface area contributed by atoms with E-state index in [1.807, 2.05) is 0 Å². The number of ether oxygens (including phenoxy) is 1. The maximum absolute atomic E-state index is 13.4. The van der Waals surface area contributed by atoms with Gasteiger partial charge in [-0.25, -0.2) is 8.42 Å². The Hall–Kier alpha value is -1.00. The second-order valence-electron chi connectivity index (χ2n) is 7.08. The maximum atomic E-state index is 13.4. The lowest BCUT2D eigenvalue weighted by molar-refractivity contribution is 0.0365. The number of aryl methyl sites for hydroxylation is 2. The van der Waals surface area contributed by atoms with Crippen molar-refractivity contribution in [2.75, 3.05) is 52.5 Å². The molecule has 0 aliphatic carbocycles. The third-order valence-electron chi connectivity index (χ3n) is 5.17. The normalized spacial score (nSPS) is 22.8. The summed E-state index contributed by atoms with van der Waals surface area (Å²) in [5.74, 6) is 0.365. The highest BCUT2D eigenvalue weighted by Crippen LogP contribution is 2.27. The lowest BCUT2D eigenvalue weighted by Crippen LogP contribution is -2.49. The summed E-state index contributed by atoms with van der Waals surface area (Å²) in [4.78, 5) is 2.57. The zero-order valence-electron chi connectivity index (χ0n) is 15.7. The van der Waals surface area contributed by atoms with Crippen molar-refractivity contribution in [3.63, 3.8) is 0 Å². The number of aromatic nitrogens is 1. The zero-order valence-corrected chi connectivity index (χ0v) is 16.6. The molecule has 2 saturated heterocycles. The first-order valence-electron chi connectivity index (χ1n) is 9.45. The van der Waals surface area contributed by atoms with Crippen molar-refractivity contribution in [2.24, 2.45) is 0 Å². The quantitative estimate of drug-likeness (QED) is 0.740. The van der Waals surface area contributed by atoms with Gasteiger partial charge in [0.05, 0.1) is 13.2 Å². The summed E-state index contributed by atoms with van der Waals surface area (Å²) in [5.41, 5.74) is 0.435. The zero-order chi connectivity index (χ0) is 18.6. The minimum atomic E-state index is -3.63. The molecule has 0 spiro atoms. The molecule has 1 N–H and O–H groups in total. The lowest BCUT2D eigenvalue weighted by atomic mass is 10.1. The van der Waals surface area contributed by atoms with Crippen molar-refractivity contribution in [1.82, 2.24) is 19.7 Å². The molecule has 3 heterocycles. The Morgan fingerprint density at radius 3 is 2.69 bits per heavy atom. The number of hydrogen-bond acceptors (Lipinski definition) is 7. The number of sulfonamides is 1. The van der Waals surface area contributed by atoms with E-state index < -0.39 is 10.0 Å². The van der Waals surface area contributed by atoms with Gasteiger partial charge in [-0.3, -0.25) is 4.90 Å². The molecule has 0 aromatic carbocycles. The second kappa shape index (κ2) is 8.79. The number of piperidine rings is 1. The third-order valence-corrected chi connectivity index (χ3v) is 7.37. The van der Waals surface area contributed by atoms with Crippen LogP contribution >= 0.6 is 0 Å². The van der Waals surface area contributed by atoms with Gasteiger partial charge in [0.25, 0.3) is 0 Å². The molecular weight excluding hydrogens is 356 g/mol. The molecule has 2 fully saturated rings. The minimum Gasteiger partial charge on any atom is -0.379 e. The molecule has 26 heavy (non-hydrogen) atoms. The molecule has 0 bridgehead atoms. The lowest BCUT2D eigenvalue weighted by Gasteiger charge is -2.34. The highest BCUT2D eigenvalue weighted by Gasteiger charge is 2.36. The predicted molar refractivity (Wildman–Crippen MR) is 97.6 cm³/mol. The van der Waals surface area contributed by atoms with Gasteiger partial charge < -0.3 is 14.6 Å². The van der Waals surface area contributed by atoms with E-state index in [-0.39, 0.29) is 10.9 Å². The van der Waals surface area contributed by atoms with E-state index in [1.54, 1.807) is 18.2 Å². The molecule has 2 aliphatic heterocycles. The second-order valence-corrected chi connectivity index (χ2v) is 8.90. The molecule has 8 nitrogen and oxygen atoms in total. The van der Waals surface area contributed by atoms with Crippen LogP contribution in [0.25, 0.3) is 0 Å². The fourth-order valence-electron chi connectivity index (χ4n) is 3.81. The first kappa shape index (κ1) is 19.8. The van der Waals surface area contributed by atoms with Crippen LogP contribution in [-0.2, 0) is 14.8 Å². The van der Waals surface area contributed by atoms with Crippen LogP contribution in [0.2, 0.25) is 0 Å². The van der Waals surface area contributed by atoms with E-state index in [0.717, 1.165) is 58.7 Å². The molecule has 0 radical (unpaired) electrons. The van der Waals surface area contributed by atoms with E-state index in [2.05, 4.69) is 15.4 Å². The molecule has 148 valence electrons. The van der Waals surface area contributed by atoms with Crippen LogP contribution in [0, 0.1) is 13.8 Å². The summed E-state index contributed by atoms with van der Waals surface area (Å²) < 4.78 is 38.9. The topological polar surface area (TPSA) is 87.9 Å². The number of nitrogens with one attached hydrogen (secondary N) is 1. The van der Waals surface area contributed by atoms with Crippen LogP contribution in [0.15, 0.2) is 9.42 Å². The van der Waals surface area contributed by atoms with Crippen molar-refractivity contribution < 1.29 is 17.7 Å². The number of hydrogen-bond donors (Lipinski definition) is 1. The molecule has 2 aliphatic rings. The first-order chi connectivity index (χ1) is 12.5. The molecule has 0 amide bonds. The van der Waals surface area contributed by atoms with Crippen molar-refractivity contribution in [3.05, 3.63) is 11.5 Å². The Kier molecular flexibility index (Phi) is 6.68. The minimum absolute atomic E-state index is 0.0212. The molecule has 1 aromatic rings. The third kappa shape index (κ3) is 4.45. The fourth-order valence-corrected chi connectivity index (χ4v) is 5.80. The number of morpholine rings is 1. The van der Waals surface area contributed by atoms with Crippen LogP contribution in [0.3, 0.4) is 0 Å². The maximum Gasteiger partial charge on any atom is 0.248 e. The van der Waals surface area contributed by atoms with Gasteiger partial charge >= 0.3 is 0 Å². The van der Waals surface area contributed by atoms with Crippen molar-refractivity contribution >= 4 is 10.0 Å². The molecule has 1 atom stereocenters. The Morgan fingerprint density at radius 1 is 1.31 bits per heavy atom. The van der Waals surface area contributed by atoms with E-state index in [1.165, 1.54) is 0 Å². The van der Waals surface area contributed by atoms with Crippen LogP contribution in [0.5, 0.6) is 0 Å². The van der Waals surface area contributed by atoms with Gasteiger partial charge in [0.2, 0.25) is 10.0 Å². The monoisotopic (exact) mass is 386 g/mol. The van der Waals surface area contributed by atoms with E-state index in [4.69, 9.17) is 9.26 Å². The molecule has 9 heteroatoms. The summed E-state index contributed by atoms with van der Waals surface area (Å²) in [5, 5.41) is 7.17. The highest BCUT2D eigenvalue weighted by molar-refractivity contribution is 7.89. The standard InChI is InChI=1S/C17H30N4O4S/c1-14-17(15(2)25-19-14)26(22,23)21(16-5-3-6-18-13-16)8-4-7-20-9-11-24-12-10-20/h16,18H,3-13H2,1-2H3. The first-order valence-corrected chi connectivity index (χ1v) is 10.9. The Labute approximate surface area is 155 Å². The summed E-state index contributed by atoms with van der Waals surface area (Å²) in [6.07, 6.45) is 2.67. The van der Waals surface area contributed by atoms with E-state index in [0.29, 0.717) is 24.5 Å². The Balaban J connectivity index is 1.74. The summed E-state index contributed by atoms with van der Waals surface area (Å²) in [6, 6.07) is -0.0212. The molecule has 1 aromatic heterocycles. The van der Waals surface area contributed by atoms with E-state index in [9.17, 15) is 8.42 Å². The van der Waals surface area contributed by atoms with Crippen LogP contribution in [0.4, 0.5) is 0 Å². The van der Waals surface area contributed by atoms with Gasteiger partial charge in [0.1, 0.15) is 10.6 Å². The smallest absolute Gasteiger partial charge is 0.248 e. The number of rotatable bonds is 7. The molecule has 3 rings (SSSR count). The van der Waals surface area contributed by atoms with Gasteiger partial charge in [0, 0.05) is 32.2 Å². The van der Waals surface area contributed by atoms with Crippen LogP contribution in [-0.4, -0.2) is 81.3 Å². The Bertz CT molecular complexity index is 659. The average Bonchev–Trinajstić information content (AvgIpc) is 2.99. The summed E-state index contributed by atoms with van der Waals surface area (Å²) in [7, 11) is -3.63. The predicted octanol–water partition coefficient (Wildman–Crippen LogP) is 0.756. The van der Waals surface area contributed by atoms with Crippen LogP contribution in [0.1, 0.15) is 30.7 Å². The molecule has 0 saturated carbocycles. The van der Waals surface area contributed by atoms with Crippen molar-refractivity contribution in [3.8, 4) is 0 Å². The van der Waals surface area contributed by atoms with Crippen LogP contribution < -0.4 is 5.32 Å². The van der Waals surface area contributed by atoms with Crippen molar-refractivity contribution in [1.29, 1.82) is 0 Å².